The van der Waals surface area contributed by atoms with Crippen LogP contribution in [0.5, 0.6) is 0 Å². The SMILES string of the molecule is CCCc1[nH]nc(C(=O)NCc2cccc(S(N)(=O)=O)c2)c1[N+](=O)[O-]. The summed E-state index contributed by atoms with van der Waals surface area (Å²) >= 11 is 0. The van der Waals surface area contributed by atoms with Crippen LogP contribution in [0.3, 0.4) is 0 Å². The molecule has 1 heterocycles. The van der Waals surface area contributed by atoms with E-state index < -0.39 is 20.9 Å². The fraction of sp³-hybridized carbons (Fsp3) is 0.286. The first-order valence-electron chi connectivity index (χ1n) is 7.35. The number of nitrogens with one attached hydrogen (secondary N) is 2. The monoisotopic (exact) mass is 367 g/mol. The van der Waals surface area contributed by atoms with Gasteiger partial charge in [0.15, 0.2) is 0 Å². The van der Waals surface area contributed by atoms with Crippen molar-refractivity contribution in [3.63, 3.8) is 0 Å². The van der Waals surface area contributed by atoms with Crippen LogP contribution in [-0.2, 0) is 23.0 Å². The van der Waals surface area contributed by atoms with Gasteiger partial charge in [-0.05, 0) is 24.1 Å². The van der Waals surface area contributed by atoms with Crippen molar-refractivity contribution in [1.82, 2.24) is 15.5 Å². The number of primary sulfonamides is 1. The Morgan fingerprint density at radius 3 is 2.76 bits per heavy atom. The first-order valence-corrected chi connectivity index (χ1v) is 8.90. The zero-order valence-corrected chi connectivity index (χ0v) is 14.2. The van der Waals surface area contributed by atoms with Crippen molar-refractivity contribution in [1.29, 1.82) is 0 Å². The van der Waals surface area contributed by atoms with Crippen molar-refractivity contribution in [2.24, 2.45) is 5.14 Å². The molecule has 0 fully saturated rings. The molecule has 0 saturated heterocycles. The lowest BCUT2D eigenvalue weighted by molar-refractivity contribution is -0.385. The highest BCUT2D eigenvalue weighted by Crippen LogP contribution is 2.22. The van der Waals surface area contributed by atoms with Gasteiger partial charge in [-0.1, -0.05) is 25.5 Å². The standard InChI is InChI=1S/C14H17N5O5S/c1-2-4-11-13(19(21)22)12(18-17-11)14(20)16-8-9-5-3-6-10(7-9)25(15,23)24/h3,5-7H,2,4,8H2,1H3,(H,16,20)(H,17,18)(H2,15,23,24). The van der Waals surface area contributed by atoms with Gasteiger partial charge in [0, 0.05) is 6.54 Å². The van der Waals surface area contributed by atoms with Crippen molar-refractivity contribution < 1.29 is 18.1 Å². The van der Waals surface area contributed by atoms with Crippen LogP contribution in [0.4, 0.5) is 5.69 Å². The van der Waals surface area contributed by atoms with E-state index in [1.165, 1.54) is 18.2 Å². The van der Waals surface area contributed by atoms with Crippen LogP contribution in [0.2, 0.25) is 0 Å². The molecule has 11 heteroatoms. The fourth-order valence-electron chi connectivity index (χ4n) is 2.25. The van der Waals surface area contributed by atoms with E-state index in [1.807, 2.05) is 6.92 Å². The predicted octanol–water partition coefficient (Wildman–Crippen LogP) is 0.848. The van der Waals surface area contributed by atoms with Crippen molar-refractivity contribution in [2.45, 2.75) is 31.2 Å². The molecule has 10 nitrogen and oxygen atoms in total. The van der Waals surface area contributed by atoms with Gasteiger partial charge in [0.2, 0.25) is 15.7 Å². The molecule has 1 amide bonds. The lowest BCUT2D eigenvalue weighted by atomic mass is 10.2. The van der Waals surface area contributed by atoms with Gasteiger partial charge in [-0.2, -0.15) is 5.10 Å². The lowest BCUT2D eigenvalue weighted by Crippen LogP contribution is -2.24. The molecule has 1 aromatic carbocycles. The Morgan fingerprint density at radius 2 is 2.16 bits per heavy atom. The van der Waals surface area contributed by atoms with Gasteiger partial charge >= 0.3 is 5.69 Å². The second-order valence-corrected chi connectivity index (χ2v) is 6.84. The highest BCUT2D eigenvalue weighted by molar-refractivity contribution is 7.89. The number of nitrogens with two attached hydrogens (primary N) is 1. The van der Waals surface area contributed by atoms with Gasteiger partial charge in [0.1, 0.15) is 5.69 Å². The summed E-state index contributed by atoms with van der Waals surface area (Å²) in [4.78, 5) is 22.7. The molecule has 0 atom stereocenters. The van der Waals surface area contributed by atoms with Gasteiger partial charge in [-0.25, -0.2) is 13.6 Å². The van der Waals surface area contributed by atoms with Crippen LogP contribution in [0.15, 0.2) is 29.2 Å². The summed E-state index contributed by atoms with van der Waals surface area (Å²) in [5, 5.41) is 25.0. The summed E-state index contributed by atoms with van der Waals surface area (Å²) in [6, 6.07) is 5.72. The minimum Gasteiger partial charge on any atom is -0.346 e. The van der Waals surface area contributed by atoms with Crippen LogP contribution >= 0.6 is 0 Å². The van der Waals surface area contributed by atoms with Gasteiger partial charge in [-0.15, -0.1) is 0 Å². The van der Waals surface area contributed by atoms with Crippen molar-refractivity contribution in [2.75, 3.05) is 0 Å². The number of hydrogen-bond acceptors (Lipinski definition) is 6. The number of nitrogens with zero attached hydrogens (tertiary/aromatic N) is 2. The zero-order valence-electron chi connectivity index (χ0n) is 13.4. The van der Waals surface area contributed by atoms with Crippen LogP contribution in [0.1, 0.15) is 35.1 Å². The van der Waals surface area contributed by atoms with Gasteiger partial charge in [-0.3, -0.25) is 20.0 Å². The topological polar surface area (TPSA) is 161 Å². The Hall–Kier alpha value is -2.79. The van der Waals surface area contributed by atoms with Crippen LogP contribution in [0, 0.1) is 10.1 Å². The molecule has 0 aliphatic heterocycles. The number of aromatic nitrogens is 2. The molecule has 4 N–H and O–H groups in total. The molecule has 1 aromatic heterocycles. The van der Waals surface area contributed by atoms with Gasteiger partial charge < -0.3 is 5.32 Å². The molecule has 0 radical (unpaired) electrons. The number of amides is 1. The minimum atomic E-state index is -3.86. The number of aromatic amines is 1. The Morgan fingerprint density at radius 1 is 1.44 bits per heavy atom. The molecule has 0 bridgehead atoms. The number of hydrogen-bond donors (Lipinski definition) is 3. The number of H-pyrrole nitrogens is 1. The number of sulfonamides is 1. The van der Waals surface area contributed by atoms with Gasteiger partial charge in [0.05, 0.1) is 9.82 Å². The number of aryl methyl sites for hydroxylation is 1. The van der Waals surface area contributed by atoms with E-state index in [-0.39, 0.29) is 28.5 Å². The van der Waals surface area contributed by atoms with E-state index in [2.05, 4.69) is 15.5 Å². The maximum atomic E-state index is 12.2. The van der Waals surface area contributed by atoms with Crippen LogP contribution < -0.4 is 10.5 Å². The molecule has 0 spiro atoms. The summed E-state index contributed by atoms with van der Waals surface area (Å²) in [6.07, 6.45) is 1.05. The lowest BCUT2D eigenvalue weighted by Gasteiger charge is -2.05. The normalized spacial score (nSPS) is 11.3. The highest BCUT2D eigenvalue weighted by Gasteiger charge is 2.28. The average Bonchev–Trinajstić information content (AvgIpc) is 2.96. The second kappa shape index (κ2) is 7.40. The number of rotatable bonds is 7. The smallest absolute Gasteiger partial charge is 0.322 e. The number of nitro groups is 1. The molecule has 0 saturated carbocycles. The number of benzene rings is 1. The van der Waals surface area contributed by atoms with Crippen molar-refractivity contribution >= 4 is 21.6 Å². The van der Waals surface area contributed by atoms with Crippen LogP contribution in [0.25, 0.3) is 0 Å². The molecule has 134 valence electrons. The Bertz CT molecular complexity index is 906. The predicted molar refractivity (Wildman–Crippen MR) is 88.2 cm³/mol. The molecular formula is C14H17N5O5S. The maximum Gasteiger partial charge on any atom is 0.322 e. The van der Waals surface area contributed by atoms with Crippen LogP contribution in [-0.4, -0.2) is 29.4 Å². The van der Waals surface area contributed by atoms with E-state index in [9.17, 15) is 23.3 Å². The van der Waals surface area contributed by atoms with E-state index in [0.29, 0.717) is 18.4 Å². The number of carbonyl (C=O) groups excluding carboxylic acids is 1. The molecule has 2 aromatic rings. The number of carbonyl (C=O) groups is 1. The molecule has 0 aliphatic rings. The average molecular weight is 367 g/mol. The summed E-state index contributed by atoms with van der Waals surface area (Å²) in [6.45, 7) is 1.82. The fourth-order valence-corrected chi connectivity index (χ4v) is 2.83. The third-order valence-corrected chi connectivity index (χ3v) is 4.30. The highest BCUT2D eigenvalue weighted by atomic mass is 32.2. The van der Waals surface area contributed by atoms with E-state index >= 15 is 0 Å². The summed E-state index contributed by atoms with van der Waals surface area (Å²) in [5.74, 6) is -0.730. The maximum absolute atomic E-state index is 12.2. The molecular weight excluding hydrogens is 350 g/mol. The van der Waals surface area contributed by atoms with Crippen molar-refractivity contribution in [3.05, 3.63) is 51.3 Å². The van der Waals surface area contributed by atoms with Gasteiger partial charge in [0.25, 0.3) is 5.91 Å². The Kier molecular flexibility index (Phi) is 5.49. The molecule has 2 rings (SSSR count). The molecule has 0 unspecified atom stereocenters. The summed E-state index contributed by atoms with van der Waals surface area (Å²) < 4.78 is 22.7. The van der Waals surface area contributed by atoms with E-state index in [1.54, 1.807) is 6.07 Å². The first kappa shape index (κ1) is 18.5. The molecule has 25 heavy (non-hydrogen) atoms. The van der Waals surface area contributed by atoms with E-state index in [0.717, 1.165) is 0 Å². The third kappa shape index (κ3) is 4.39. The molecule has 0 aliphatic carbocycles. The van der Waals surface area contributed by atoms with E-state index in [4.69, 9.17) is 5.14 Å². The summed E-state index contributed by atoms with van der Waals surface area (Å²) in [5.41, 5.74) is 0.106. The Balaban J connectivity index is 2.17. The largest absolute Gasteiger partial charge is 0.346 e. The van der Waals surface area contributed by atoms with Crippen molar-refractivity contribution in [3.8, 4) is 0 Å². The zero-order chi connectivity index (χ0) is 18.6. The second-order valence-electron chi connectivity index (χ2n) is 5.28. The first-order chi connectivity index (χ1) is 11.7. The minimum absolute atomic E-state index is 0.0324. The third-order valence-electron chi connectivity index (χ3n) is 3.39. The quantitative estimate of drug-likeness (QED) is 0.485. The Labute approximate surface area is 143 Å². The summed E-state index contributed by atoms with van der Waals surface area (Å²) in [7, 11) is -3.86.